The van der Waals surface area contributed by atoms with Crippen LogP contribution in [0.15, 0.2) is 12.1 Å². The summed E-state index contributed by atoms with van der Waals surface area (Å²) in [6, 6.07) is 3.52. The Labute approximate surface area is 108 Å². The van der Waals surface area contributed by atoms with Gasteiger partial charge in [-0.05, 0) is 24.8 Å². The lowest BCUT2D eigenvalue weighted by Crippen LogP contribution is -2.13. The van der Waals surface area contributed by atoms with Crippen LogP contribution in [0.4, 0.5) is 5.69 Å². The molecule has 1 heterocycles. The van der Waals surface area contributed by atoms with E-state index in [1.165, 1.54) is 38.5 Å². The van der Waals surface area contributed by atoms with E-state index in [-0.39, 0.29) is 0 Å². The fourth-order valence-corrected chi connectivity index (χ4v) is 2.39. The summed E-state index contributed by atoms with van der Waals surface area (Å²) in [5.41, 5.74) is 6.42. The number of ether oxygens (including phenoxy) is 2. The first-order valence-corrected chi connectivity index (χ1v) is 6.73. The van der Waals surface area contributed by atoms with Crippen molar-refractivity contribution in [3.63, 3.8) is 0 Å². The summed E-state index contributed by atoms with van der Waals surface area (Å²) in [5, 5.41) is 0. The third-order valence-corrected chi connectivity index (χ3v) is 3.50. The first-order valence-electron chi connectivity index (χ1n) is 6.73. The number of nitrogens with two attached hydrogens (primary N) is 1. The molecule has 2 rings (SSSR count). The molecular weight excluding hydrogens is 228 g/mol. The number of nitrogens with zero attached hydrogens (tertiary/aromatic N) is 1. The van der Waals surface area contributed by atoms with E-state index in [2.05, 4.69) is 4.98 Å². The van der Waals surface area contributed by atoms with Crippen molar-refractivity contribution in [2.45, 2.75) is 38.5 Å². The Balaban J connectivity index is 1.92. The minimum absolute atomic E-state index is 0.499. The molecule has 0 spiro atoms. The SMILES string of the molecule is COc1ccc(N)c(OCC2CCCCCC2)n1. The third-order valence-electron chi connectivity index (χ3n) is 3.50. The van der Waals surface area contributed by atoms with E-state index in [1.807, 2.05) is 0 Å². The van der Waals surface area contributed by atoms with E-state index < -0.39 is 0 Å². The fraction of sp³-hybridized carbons (Fsp3) is 0.643. The largest absolute Gasteiger partial charge is 0.481 e. The Kier molecular flexibility index (Phi) is 4.67. The van der Waals surface area contributed by atoms with Crippen molar-refractivity contribution < 1.29 is 9.47 Å². The summed E-state index contributed by atoms with van der Waals surface area (Å²) in [6.45, 7) is 0.713. The zero-order chi connectivity index (χ0) is 12.8. The van der Waals surface area contributed by atoms with Crippen LogP contribution in [0.2, 0.25) is 0 Å². The molecule has 1 fully saturated rings. The van der Waals surface area contributed by atoms with Gasteiger partial charge in [-0.15, -0.1) is 0 Å². The van der Waals surface area contributed by atoms with Crippen LogP contribution in [-0.4, -0.2) is 18.7 Å². The van der Waals surface area contributed by atoms with Gasteiger partial charge < -0.3 is 15.2 Å². The summed E-state index contributed by atoms with van der Waals surface area (Å²) in [4.78, 5) is 4.23. The lowest BCUT2D eigenvalue weighted by molar-refractivity contribution is 0.225. The molecule has 1 aromatic heterocycles. The van der Waals surface area contributed by atoms with Gasteiger partial charge in [0.25, 0.3) is 0 Å². The maximum absolute atomic E-state index is 5.85. The maximum Gasteiger partial charge on any atom is 0.240 e. The normalized spacial score (nSPS) is 17.2. The van der Waals surface area contributed by atoms with Gasteiger partial charge in [0.15, 0.2) is 0 Å². The highest BCUT2D eigenvalue weighted by Crippen LogP contribution is 2.26. The van der Waals surface area contributed by atoms with Gasteiger partial charge in [0.05, 0.1) is 19.4 Å². The van der Waals surface area contributed by atoms with E-state index in [9.17, 15) is 0 Å². The van der Waals surface area contributed by atoms with Gasteiger partial charge in [0.1, 0.15) is 0 Å². The Morgan fingerprint density at radius 3 is 2.61 bits per heavy atom. The zero-order valence-electron chi connectivity index (χ0n) is 11.0. The molecule has 1 saturated carbocycles. The molecule has 0 saturated heterocycles. The second-order valence-electron chi connectivity index (χ2n) is 4.92. The molecule has 0 atom stereocenters. The Morgan fingerprint density at radius 2 is 1.94 bits per heavy atom. The third kappa shape index (κ3) is 3.52. The van der Waals surface area contributed by atoms with Gasteiger partial charge >= 0.3 is 0 Å². The minimum Gasteiger partial charge on any atom is -0.481 e. The highest BCUT2D eigenvalue weighted by molar-refractivity contribution is 5.49. The summed E-state index contributed by atoms with van der Waals surface area (Å²) in [7, 11) is 1.59. The summed E-state index contributed by atoms with van der Waals surface area (Å²) in [6.07, 6.45) is 7.85. The number of hydrogen-bond acceptors (Lipinski definition) is 4. The van der Waals surface area contributed by atoms with Crippen LogP contribution in [0.25, 0.3) is 0 Å². The van der Waals surface area contributed by atoms with Gasteiger partial charge in [-0.25, -0.2) is 0 Å². The monoisotopic (exact) mass is 250 g/mol. The Morgan fingerprint density at radius 1 is 1.22 bits per heavy atom. The van der Waals surface area contributed by atoms with Crippen molar-refractivity contribution in [3.8, 4) is 11.8 Å². The van der Waals surface area contributed by atoms with E-state index in [4.69, 9.17) is 15.2 Å². The summed E-state index contributed by atoms with van der Waals surface area (Å²) >= 11 is 0. The molecule has 0 aromatic carbocycles. The van der Waals surface area contributed by atoms with Crippen LogP contribution in [0, 0.1) is 5.92 Å². The lowest BCUT2D eigenvalue weighted by atomic mass is 10.0. The average Bonchev–Trinajstić information content (AvgIpc) is 2.66. The van der Waals surface area contributed by atoms with Gasteiger partial charge in [-0.3, -0.25) is 0 Å². The van der Waals surface area contributed by atoms with Gasteiger partial charge in [-0.1, -0.05) is 25.7 Å². The molecule has 0 amide bonds. The number of methoxy groups -OCH3 is 1. The van der Waals surface area contributed by atoms with Crippen LogP contribution in [0.1, 0.15) is 38.5 Å². The molecule has 0 unspecified atom stereocenters. The van der Waals surface area contributed by atoms with E-state index in [0.717, 1.165) is 0 Å². The van der Waals surface area contributed by atoms with Crippen LogP contribution in [0.5, 0.6) is 11.8 Å². The molecule has 0 radical (unpaired) electrons. The lowest BCUT2D eigenvalue weighted by Gasteiger charge is -2.15. The number of anilines is 1. The van der Waals surface area contributed by atoms with Crippen LogP contribution in [-0.2, 0) is 0 Å². The predicted octanol–water partition coefficient (Wildman–Crippen LogP) is 3.02. The first kappa shape index (κ1) is 13.0. The highest BCUT2D eigenvalue weighted by Gasteiger charge is 2.14. The first-order chi connectivity index (χ1) is 8.79. The number of pyridine rings is 1. The van der Waals surface area contributed by atoms with E-state index in [0.29, 0.717) is 30.0 Å². The topological polar surface area (TPSA) is 57.4 Å². The van der Waals surface area contributed by atoms with Crippen molar-refractivity contribution in [2.75, 3.05) is 19.5 Å². The second-order valence-corrected chi connectivity index (χ2v) is 4.92. The summed E-state index contributed by atoms with van der Waals surface area (Å²) in [5.74, 6) is 1.68. The predicted molar refractivity (Wildman–Crippen MR) is 71.9 cm³/mol. The average molecular weight is 250 g/mol. The van der Waals surface area contributed by atoms with Gasteiger partial charge in [0, 0.05) is 6.07 Å². The van der Waals surface area contributed by atoms with Gasteiger partial charge in [-0.2, -0.15) is 4.98 Å². The molecule has 1 aliphatic rings. The Bertz CT molecular complexity index is 374. The standard InChI is InChI=1S/C14H22N2O2/c1-17-13-9-8-12(15)14(16-13)18-10-11-6-4-2-3-5-7-11/h8-9,11H,2-7,10,15H2,1H3. The highest BCUT2D eigenvalue weighted by atomic mass is 16.5. The number of aromatic nitrogens is 1. The number of hydrogen-bond donors (Lipinski definition) is 1. The minimum atomic E-state index is 0.499. The second kappa shape index (κ2) is 6.47. The summed E-state index contributed by atoms with van der Waals surface area (Å²) < 4.78 is 10.8. The maximum atomic E-state index is 5.85. The fourth-order valence-electron chi connectivity index (χ4n) is 2.39. The molecule has 18 heavy (non-hydrogen) atoms. The van der Waals surface area contributed by atoms with Crippen molar-refractivity contribution >= 4 is 5.69 Å². The zero-order valence-corrected chi connectivity index (χ0v) is 11.0. The molecule has 2 N–H and O–H groups in total. The molecule has 4 heteroatoms. The van der Waals surface area contributed by atoms with Crippen LogP contribution < -0.4 is 15.2 Å². The molecule has 4 nitrogen and oxygen atoms in total. The van der Waals surface area contributed by atoms with Crippen molar-refractivity contribution in [3.05, 3.63) is 12.1 Å². The van der Waals surface area contributed by atoms with E-state index >= 15 is 0 Å². The van der Waals surface area contributed by atoms with Crippen LogP contribution >= 0.6 is 0 Å². The number of rotatable bonds is 4. The number of nitrogen functional groups attached to an aromatic ring is 1. The molecule has 1 aliphatic carbocycles. The molecule has 100 valence electrons. The van der Waals surface area contributed by atoms with Crippen LogP contribution in [0.3, 0.4) is 0 Å². The van der Waals surface area contributed by atoms with Gasteiger partial charge in [0.2, 0.25) is 11.8 Å². The molecular formula is C14H22N2O2. The molecule has 1 aromatic rings. The smallest absolute Gasteiger partial charge is 0.240 e. The molecule has 0 aliphatic heterocycles. The molecule has 0 bridgehead atoms. The van der Waals surface area contributed by atoms with Crippen molar-refractivity contribution in [1.82, 2.24) is 4.98 Å². The quantitative estimate of drug-likeness (QED) is 0.834. The Hall–Kier alpha value is -1.45. The van der Waals surface area contributed by atoms with E-state index in [1.54, 1.807) is 19.2 Å². The van der Waals surface area contributed by atoms with Crippen molar-refractivity contribution in [1.29, 1.82) is 0 Å². The van der Waals surface area contributed by atoms with Crippen molar-refractivity contribution in [2.24, 2.45) is 5.92 Å².